The molecule has 0 aliphatic carbocycles. The van der Waals surface area contributed by atoms with Gasteiger partial charge in [-0.2, -0.15) is 0 Å². The number of aromatic nitrogens is 1. The fraction of sp³-hybridized carbons (Fsp3) is 0.500. The number of ether oxygens (including phenoxy) is 1. The molecule has 6 nitrogen and oxygen atoms in total. The first-order valence-corrected chi connectivity index (χ1v) is 11.2. The van der Waals surface area contributed by atoms with Crippen LogP contribution in [-0.4, -0.2) is 40.1 Å². The summed E-state index contributed by atoms with van der Waals surface area (Å²) in [5, 5.41) is 3.07. The summed E-state index contributed by atoms with van der Waals surface area (Å²) in [7, 11) is -1.98. The lowest BCUT2D eigenvalue weighted by molar-refractivity contribution is 0.414. The molecule has 0 spiro atoms. The molecular formula is C18H25N3O3S2. The minimum Gasteiger partial charge on any atom is -0.497 e. The molecule has 0 unspecified atom stereocenters. The van der Waals surface area contributed by atoms with Crippen molar-refractivity contribution in [2.24, 2.45) is 0 Å². The van der Waals surface area contributed by atoms with Gasteiger partial charge in [0.05, 0.1) is 17.7 Å². The van der Waals surface area contributed by atoms with Gasteiger partial charge < -0.3 is 9.64 Å². The van der Waals surface area contributed by atoms with Crippen molar-refractivity contribution in [3.8, 4) is 5.75 Å². The number of nitrogens with one attached hydrogen (secondary N) is 1. The van der Waals surface area contributed by atoms with Crippen LogP contribution < -0.4 is 14.4 Å². The van der Waals surface area contributed by atoms with Crippen LogP contribution in [0.25, 0.3) is 0 Å². The van der Waals surface area contributed by atoms with Crippen LogP contribution in [-0.2, 0) is 16.4 Å². The van der Waals surface area contributed by atoms with Gasteiger partial charge in [-0.3, -0.25) is 0 Å². The summed E-state index contributed by atoms with van der Waals surface area (Å²) < 4.78 is 32.8. The molecule has 1 N–H and O–H groups in total. The maximum atomic E-state index is 12.5. The van der Waals surface area contributed by atoms with E-state index < -0.39 is 10.0 Å². The van der Waals surface area contributed by atoms with E-state index in [0.29, 0.717) is 24.3 Å². The van der Waals surface area contributed by atoms with Crippen molar-refractivity contribution in [3.63, 3.8) is 0 Å². The smallest absolute Gasteiger partial charge is 0.240 e. The molecule has 1 aromatic heterocycles. The van der Waals surface area contributed by atoms with Crippen LogP contribution in [0.4, 0.5) is 5.13 Å². The van der Waals surface area contributed by atoms with Crippen molar-refractivity contribution < 1.29 is 13.2 Å². The standard InChI is InChI=1S/C18H25N3O3S2/c1-14-12-16(24-2)6-7-17(14)26(22,23)19-9-8-15-13-25-18(20-15)21-10-4-3-5-11-21/h6-7,12-13,19H,3-5,8-11H2,1-2H3. The Morgan fingerprint density at radius 1 is 1.27 bits per heavy atom. The molecular weight excluding hydrogens is 370 g/mol. The molecule has 1 aromatic carbocycles. The van der Waals surface area contributed by atoms with Crippen LogP contribution in [0.2, 0.25) is 0 Å². The number of hydrogen-bond donors (Lipinski definition) is 1. The topological polar surface area (TPSA) is 71.5 Å². The Hall–Kier alpha value is -1.64. The van der Waals surface area contributed by atoms with Crippen LogP contribution in [0.1, 0.15) is 30.5 Å². The number of methoxy groups -OCH3 is 1. The molecule has 0 amide bonds. The predicted octanol–water partition coefficient (Wildman–Crippen LogP) is 2.97. The Bertz CT molecular complexity index is 843. The predicted molar refractivity (Wildman–Crippen MR) is 105 cm³/mol. The molecule has 0 radical (unpaired) electrons. The molecule has 142 valence electrons. The quantitative estimate of drug-likeness (QED) is 0.780. The Balaban J connectivity index is 1.58. The van der Waals surface area contributed by atoms with E-state index in [1.165, 1.54) is 19.3 Å². The van der Waals surface area contributed by atoms with E-state index in [4.69, 9.17) is 4.74 Å². The summed E-state index contributed by atoms with van der Waals surface area (Å²) in [5.74, 6) is 0.647. The maximum absolute atomic E-state index is 12.5. The summed E-state index contributed by atoms with van der Waals surface area (Å²) in [5.41, 5.74) is 1.60. The van der Waals surface area contributed by atoms with Crippen LogP contribution >= 0.6 is 11.3 Å². The van der Waals surface area contributed by atoms with Crippen molar-refractivity contribution >= 4 is 26.5 Å². The summed E-state index contributed by atoms with van der Waals surface area (Å²) in [6.45, 7) is 4.23. The first-order valence-electron chi connectivity index (χ1n) is 8.83. The first-order chi connectivity index (χ1) is 12.5. The molecule has 0 bridgehead atoms. The largest absolute Gasteiger partial charge is 0.497 e. The maximum Gasteiger partial charge on any atom is 0.240 e. The molecule has 1 aliphatic heterocycles. The molecule has 26 heavy (non-hydrogen) atoms. The van der Waals surface area contributed by atoms with Gasteiger partial charge >= 0.3 is 0 Å². The zero-order valence-electron chi connectivity index (χ0n) is 15.2. The van der Waals surface area contributed by atoms with Gasteiger partial charge in [-0.05, 0) is 49.9 Å². The van der Waals surface area contributed by atoms with Crippen LogP contribution in [0, 0.1) is 6.92 Å². The fourth-order valence-corrected chi connectivity index (χ4v) is 5.25. The first kappa shape index (κ1) is 19.1. The fourth-order valence-electron chi connectivity index (χ4n) is 3.08. The molecule has 1 aliphatic rings. The molecule has 0 atom stereocenters. The third-order valence-corrected chi connectivity index (χ3v) is 7.08. The second kappa shape index (κ2) is 8.37. The van der Waals surface area contributed by atoms with Crippen molar-refractivity contribution in [2.45, 2.75) is 37.5 Å². The highest BCUT2D eigenvalue weighted by molar-refractivity contribution is 7.89. The lowest BCUT2D eigenvalue weighted by Gasteiger charge is -2.25. The average molecular weight is 396 g/mol. The highest BCUT2D eigenvalue weighted by Crippen LogP contribution is 2.24. The van der Waals surface area contributed by atoms with Crippen molar-refractivity contribution in [3.05, 3.63) is 34.8 Å². The molecule has 8 heteroatoms. The molecule has 2 aromatic rings. The average Bonchev–Trinajstić information content (AvgIpc) is 3.11. The van der Waals surface area contributed by atoms with Crippen LogP contribution in [0.3, 0.4) is 0 Å². The summed E-state index contributed by atoms with van der Waals surface area (Å²) in [4.78, 5) is 7.26. The molecule has 0 saturated carbocycles. The minimum atomic E-state index is -3.54. The summed E-state index contributed by atoms with van der Waals surface area (Å²) in [6.07, 6.45) is 4.31. The normalized spacial score (nSPS) is 15.2. The van der Waals surface area contributed by atoms with Gasteiger partial charge in [0.2, 0.25) is 10.0 Å². The monoisotopic (exact) mass is 395 g/mol. The number of thiazole rings is 1. The van der Waals surface area contributed by atoms with Gasteiger partial charge in [-0.1, -0.05) is 0 Å². The SMILES string of the molecule is COc1ccc(S(=O)(=O)NCCc2csc(N3CCCCC3)n2)c(C)c1. The van der Waals surface area contributed by atoms with E-state index >= 15 is 0 Å². The third kappa shape index (κ3) is 4.55. The van der Waals surface area contributed by atoms with Crippen molar-refractivity contribution in [2.75, 3.05) is 31.6 Å². The van der Waals surface area contributed by atoms with Crippen LogP contribution in [0.15, 0.2) is 28.5 Å². The Morgan fingerprint density at radius 2 is 2.04 bits per heavy atom. The van der Waals surface area contributed by atoms with E-state index in [2.05, 4.69) is 14.6 Å². The number of aryl methyl sites for hydroxylation is 1. The van der Waals surface area contributed by atoms with E-state index in [9.17, 15) is 8.42 Å². The van der Waals surface area contributed by atoms with Crippen molar-refractivity contribution in [1.29, 1.82) is 0 Å². The number of nitrogens with zero attached hydrogens (tertiary/aromatic N) is 2. The van der Waals surface area contributed by atoms with Gasteiger partial charge in [0.1, 0.15) is 5.75 Å². The van der Waals surface area contributed by atoms with E-state index in [1.54, 1.807) is 43.6 Å². The number of anilines is 1. The molecule has 1 fully saturated rings. The number of hydrogen-bond acceptors (Lipinski definition) is 6. The highest BCUT2D eigenvalue weighted by Gasteiger charge is 2.18. The van der Waals surface area contributed by atoms with Gasteiger partial charge in [-0.15, -0.1) is 11.3 Å². The third-order valence-electron chi connectivity index (χ3n) is 4.51. The number of piperidine rings is 1. The zero-order chi connectivity index (χ0) is 18.6. The molecule has 2 heterocycles. The van der Waals surface area contributed by atoms with Crippen LogP contribution in [0.5, 0.6) is 5.75 Å². The second-order valence-electron chi connectivity index (χ2n) is 6.45. The number of sulfonamides is 1. The molecule has 1 saturated heterocycles. The number of rotatable bonds is 7. The summed E-state index contributed by atoms with van der Waals surface area (Å²) in [6, 6.07) is 4.96. The minimum absolute atomic E-state index is 0.283. The molecule has 3 rings (SSSR count). The highest BCUT2D eigenvalue weighted by atomic mass is 32.2. The van der Waals surface area contributed by atoms with Crippen molar-refractivity contribution in [1.82, 2.24) is 9.71 Å². The lowest BCUT2D eigenvalue weighted by atomic mass is 10.1. The zero-order valence-corrected chi connectivity index (χ0v) is 16.8. The Labute approximate surface area is 159 Å². The number of benzene rings is 1. The Kier molecular flexibility index (Phi) is 6.16. The van der Waals surface area contributed by atoms with Gasteiger partial charge in [0, 0.05) is 31.4 Å². The Morgan fingerprint density at radius 3 is 2.73 bits per heavy atom. The van der Waals surface area contributed by atoms with E-state index in [-0.39, 0.29) is 4.90 Å². The van der Waals surface area contributed by atoms with E-state index in [1.807, 2.05) is 5.38 Å². The van der Waals surface area contributed by atoms with Gasteiger partial charge in [-0.25, -0.2) is 18.1 Å². The van der Waals surface area contributed by atoms with Gasteiger partial charge in [0.25, 0.3) is 0 Å². The van der Waals surface area contributed by atoms with Gasteiger partial charge in [0.15, 0.2) is 5.13 Å². The second-order valence-corrected chi connectivity index (χ2v) is 9.02. The summed E-state index contributed by atoms with van der Waals surface area (Å²) >= 11 is 1.64. The lowest BCUT2D eigenvalue weighted by Crippen LogP contribution is -2.29. The van der Waals surface area contributed by atoms with E-state index in [0.717, 1.165) is 23.9 Å².